The van der Waals surface area contributed by atoms with Gasteiger partial charge in [0, 0.05) is 17.7 Å². The largest absolute Gasteiger partial charge is 0.497 e. The Morgan fingerprint density at radius 1 is 1.13 bits per heavy atom. The Balaban J connectivity index is 1.51. The minimum Gasteiger partial charge on any atom is -0.497 e. The molecule has 31 heavy (non-hydrogen) atoms. The minimum absolute atomic E-state index is 0.00128. The standard InChI is InChI=1S/C24H23N3O4/c1-16(28)17-5-9-19(10-6-17)25-15-24(29)27-22(23-4-3-13-31-23)14-21(26-27)18-7-11-20(30-2)12-8-18/h3-13,22,25H,14-15H2,1-2H3/t22-/m0/s1. The summed E-state index contributed by atoms with van der Waals surface area (Å²) in [6.07, 6.45) is 2.15. The third-order valence-corrected chi connectivity index (χ3v) is 5.20. The summed E-state index contributed by atoms with van der Waals surface area (Å²) in [6.45, 7) is 1.59. The van der Waals surface area contributed by atoms with Crippen LogP contribution in [0.15, 0.2) is 76.4 Å². The van der Waals surface area contributed by atoms with Crippen LogP contribution in [0.5, 0.6) is 5.75 Å². The van der Waals surface area contributed by atoms with Crippen LogP contribution >= 0.6 is 0 Å². The average molecular weight is 417 g/mol. The topological polar surface area (TPSA) is 84.1 Å². The maximum atomic E-state index is 13.0. The van der Waals surface area contributed by atoms with Gasteiger partial charge in [0.2, 0.25) is 0 Å². The van der Waals surface area contributed by atoms with Crippen LogP contribution in [0.1, 0.15) is 41.1 Å². The lowest BCUT2D eigenvalue weighted by Gasteiger charge is -2.20. The smallest absolute Gasteiger partial charge is 0.262 e. The van der Waals surface area contributed by atoms with Gasteiger partial charge in [0.15, 0.2) is 5.78 Å². The number of amides is 1. The summed E-state index contributed by atoms with van der Waals surface area (Å²) >= 11 is 0. The van der Waals surface area contributed by atoms with Gasteiger partial charge in [-0.3, -0.25) is 9.59 Å². The Morgan fingerprint density at radius 3 is 2.48 bits per heavy atom. The molecule has 3 aromatic rings. The average Bonchev–Trinajstić information content (AvgIpc) is 3.48. The summed E-state index contributed by atoms with van der Waals surface area (Å²) in [4.78, 5) is 24.4. The number of benzene rings is 2. The molecule has 0 saturated heterocycles. The van der Waals surface area contributed by atoms with Crippen LogP contribution in [0.4, 0.5) is 5.69 Å². The second-order valence-electron chi connectivity index (χ2n) is 7.24. The van der Waals surface area contributed by atoms with Crippen molar-refractivity contribution in [2.24, 2.45) is 5.10 Å². The number of rotatable bonds is 7. The van der Waals surface area contributed by atoms with Crippen LogP contribution in [0.25, 0.3) is 0 Å². The molecule has 0 radical (unpaired) electrons. The highest BCUT2D eigenvalue weighted by atomic mass is 16.5. The zero-order valence-corrected chi connectivity index (χ0v) is 17.4. The molecule has 0 fully saturated rings. The number of Topliss-reactive ketones (excluding diaryl/α,β-unsaturated/α-hetero) is 1. The van der Waals surface area contributed by atoms with Crippen LogP contribution in [-0.2, 0) is 4.79 Å². The molecule has 4 rings (SSSR count). The number of methoxy groups -OCH3 is 1. The SMILES string of the molecule is COc1ccc(C2=NN(C(=O)CNc3ccc(C(C)=O)cc3)[C@H](c3ccco3)C2)cc1. The van der Waals surface area contributed by atoms with E-state index in [1.807, 2.05) is 30.3 Å². The number of nitrogens with zero attached hydrogens (tertiary/aromatic N) is 2. The molecule has 1 amide bonds. The van der Waals surface area contributed by atoms with Gasteiger partial charge in [-0.2, -0.15) is 5.10 Å². The quantitative estimate of drug-likeness (QED) is 0.580. The number of ketones is 1. The van der Waals surface area contributed by atoms with Gasteiger partial charge in [0.05, 0.1) is 25.6 Å². The van der Waals surface area contributed by atoms with E-state index < -0.39 is 0 Å². The number of ether oxygens (including phenoxy) is 1. The second-order valence-corrected chi connectivity index (χ2v) is 7.24. The number of furan rings is 1. The first-order valence-corrected chi connectivity index (χ1v) is 9.97. The summed E-state index contributed by atoms with van der Waals surface area (Å²) in [5.74, 6) is 1.27. The Hall–Kier alpha value is -3.87. The van der Waals surface area contributed by atoms with Gasteiger partial charge < -0.3 is 14.5 Å². The van der Waals surface area contributed by atoms with Crippen LogP contribution < -0.4 is 10.1 Å². The lowest BCUT2D eigenvalue weighted by atomic mass is 10.0. The predicted molar refractivity (Wildman–Crippen MR) is 117 cm³/mol. The summed E-state index contributed by atoms with van der Waals surface area (Å²) in [5, 5.41) is 9.20. The van der Waals surface area contributed by atoms with E-state index in [2.05, 4.69) is 10.4 Å². The zero-order valence-electron chi connectivity index (χ0n) is 17.4. The highest BCUT2D eigenvalue weighted by Gasteiger charge is 2.34. The number of hydrogen-bond donors (Lipinski definition) is 1. The molecule has 0 spiro atoms. The van der Waals surface area contributed by atoms with Crippen molar-refractivity contribution >= 4 is 23.1 Å². The summed E-state index contributed by atoms with van der Waals surface area (Å²) < 4.78 is 10.8. The van der Waals surface area contributed by atoms with E-state index >= 15 is 0 Å². The molecule has 0 unspecified atom stereocenters. The molecule has 0 bridgehead atoms. The molecular weight excluding hydrogens is 394 g/mol. The zero-order chi connectivity index (χ0) is 21.8. The van der Waals surface area contributed by atoms with E-state index in [0.717, 1.165) is 22.7 Å². The first-order valence-electron chi connectivity index (χ1n) is 9.97. The minimum atomic E-state index is -0.304. The molecule has 158 valence electrons. The van der Waals surface area contributed by atoms with Gasteiger partial charge in [0.25, 0.3) is 5.91 Å². The van der Waals surface area contributed by atoms with Gasteiger partial charge in [-0.05, 0) is 73.2 Å². The number of hydrogen-bond acceptors (Lipinski definition) is 6. The molecule has 2 aromatic carbocycles. The lowest BCUT2D eigenvalue weighted by molar-refractivity contribution is -0.131. The van der Waals surface area contributed by atoms with Crippen LogP contribution in [0, 0.1) is 0 Å². The van der Waals surface area contributed by atoms with Crippen molar-refractivity contribution < 1.29 is 18.7 Å². The molecule has 7 heteroatoms. The summed E-state index contributed by atoms with van der Waals surface area (Å²) in [6, 6.07) is 18.0. The Kier molecular flexibility index (Phi) is 5.84. The van der Waals surface area contributed by atoms with E-state index in [1.165, 1.54) is 11.9 Å². The van der Waals surface area contributed by atoms with Crippen molar-refractivity contribution in [3.8, 4) is 5.75 Å². The predicted octanol–water partition coefficient (Wildman–Crippen LogP) is 4.28. The van der Waals surface area contributed by atoms with Gasteiger partial charge >= 0.3 is 0 Å². The molecule has 7 nitrogen and oxygen atoms in total. The first kappa shape index (κ1) is 20.4. The maximum absolute atomic E-state index is 13.0. The Morgan fingerprint density at radius 2 is 1.87 bits per heavy atom. The highest BCUT2D eigenvalue weighted by molar-refractivity contribution is 6.03. The van der Waals surface area contributed by atoms with Crippen molar-refractivity contribution in [2.45, 2.75) is 19.4 Å². The monoisotopic (exact) mass is 417 g/mol. The van der Waals surface area contributed by atoms with Crippen LogP contribution in [-0.4, -0.2) is 36.1 Å². The molecule has 1 aliphatic rings. The molecular formula is C24H23N3O4. The molecule has 1 atom stereocenters. The van der Waals surface area contributed by atoms with Crippen molar-refractivity contribution in [3.05, 3.63) is 83.8 Å². The van der Waals surface area contributed by atoms with Crippen molar-refractivity contribution in [1.82, 2.24) is 5.01 Å². The number of carbonyl (C=O) groups excluding carboxylic acids is 2. The first-order chi connectivity index (χ1) is 15.0. The van der Waals surface area contributed by atoms with Gasteiger partial charge in [-0.15, -0.1) is 0 Å². The third-order valence-electron chi connectivity index (χ3n) is 5.20. The number of hydrazone groups is 1. The molecule has 0 saturated carbocycles. The van der Waals surface area contributed by atoms with Crippen LogP contribution in [0.2, 0.25) is 0 Å². The van der Waals surface area contributed by atoms with Crippen molar-refractivity contribution in [3.63, 3.8) is 0 Å². The third kappa shape index (κ3) is 4.50. The van der Waals surface area contributed by atoms with E-state index in [1.54, 1.807) is 43.7 Å². The second kappa shape index (κ2) is 8.87. The number of nitrogens with one attached hydrogen (secondary N) is 1. The molecule has 1 aliphatic heterocycles. The molecule has 2 heterocycles. The van der Waals surface area contributed by atoms with Gasteiger partial charge in [-0.1, -0.05) is 0 Å². The normalized spacial score (nSPS) is 15.5. The fourth-order valence-corrected chi connectivity index (χ4v) is 3.48. The summed E-state index contributed by atoms with van der Waals surface area (Å²) in [7, 11) is 1.62. The van der Waals surface area contributed by atoms with E-state index in [0.29, 0.717) is 17.7 Å². The summed E-state index contributed by atoms with van der Waals surface area (Å²) in [5.41, 5.74) is 3.12. The molecule has 1 aromatic heterocycles. The molecule has 1 N–H and O–H groups in total. The Labute approximate surface area is 180 Å². The maximum Gasteiger partial charge on any atom is 0.262 e. The Bertz CT molecular complexity index is 1090. The van der Waals surface area contributed by atoms with Gasteiger partial charge in [0.1, 0.15) is 17.6 Å². The molecule has 0 aliphatic carbocycles. The lowest BCUT2D eigenvalue weighted by Crippen LogP contribution is -2.32. The van der Waals surface area contributed by atoms with Crippen LogP contribution in [0.3, 0.4) is 0 Å². The van der Waals surface area contributed by atoms with Crippen molar-refractivity contribution in [2.75, 3.05) is 19.0 Å². The number of carbonyl (C=O) groups is 2. The highest BCUT2D eigenvalue weighted by Crippen LogP contribution is 2.33. The van der Waals surface area contributed by atoms with E-state index in [9.17, 15) is 9.59 Å². The number of anilines is 1. The van der Waals surface area contributed by atoms with Gasteiger partial charge in [-0.25, -0.2) is 5.01 Å². The van der Waals surface area contributed by atoms with Crippen molar-refractivity contribution in [1.29, 1.82) is 0 Å². The fraction of sp³-hybridized carbons (Fsp3) is 0.208. The van der Waals surface area contributed by atoms with E-state index in [4.69, 9.17) is 9.15 Å². The van der Waals surface area contributed by atoms with E-state index in [-0.39, 0.29) is 24.3 Å². The fourth-order valence-electron chi connectivity index (χ4n) is 3.48.